The second-order valence-corrected chi connectivity index (χ2v) is 3.56. The van der Waals surface area contributed by atoms with Crippen molar-refractivity contribution in [2.24, 2.45) is 0 Å². The lowest BCUT2D eigenvalue weighted by atomic mass is 10.1. The van der Waals surface area contributed by atoms with Gasteiger partial charge in [0, 0.05) is 5.56 Å². The molecule has 0 aliphatic heterocycles. The van der Waals surface area contributed by atoms with Crippen molar-refractivity contribution in [1.82, 2.24) is 10.1 Å². The average molecular weight is 258 g/mol. The van der Waals surface area contributed by atoms with Crippen LogP contribution < -0.4 is 0 Å². The van der Waals surface area contributed by atoms with Crippen molar-refractivity contribution in [1.29, 1.82) is 0 Å². The highest BCUT2D eigenvalue weighted by atomic mass is 19.4. The number of aliphatic hydroxyl groups is 1. The fourth-order valence-electron chi connectivity index (χ4n) is 1.40. The monoisotopic (exact) mass is 258 g/mol. The molecule has 0 unspecified atom stereocenters. The van der Waals surface area contributed by atoms with Crippen molar-refractivity contribution in [2.45, 2.75) is 12.6 Å². The van der Waals surface area contributed by atoms with Crippen molar-refractivity contribution < 1.29 is 22.8 Å². The summed E-state index contributed by atoms with van der Waals surface area (Å²) < 4.78 is 42.3. The SMILES string of the molecule is OCCc1nc(-c2cccc(C(F)(F)F)c2)no1. The van der Waals surface area contributed by atoms with Crippen molar-refractivity contribution in [3.63, 3.8) is 0 Å². The third-order valence-corrected chi connectivity index (χ3v) is 2.24. The zero-order valence-corrected chi connectivity index (χ0v) is 9.11. The Morgan fingerprint density at radius 1 is 1.28 bits per heavy atom. The maximum Gasteiger partial charge on any atom is 0.416 e. The molecule has 0 spiro atoms. The van der Waals surface area contributed by atoms with Crippen molar-refractivity contribution >= 4 is 0 Å². The van der Waals surface area contributed by atoms with Crippen LogP contribution in [0.5, 0.6) is 0 Å². The topological polar surface area (TPSA) is 59.2 Å². The van der Waals surface area contributed by atoms with E-state index in [4.69, 9.17) is 9.63 Å². The van der Waals surface area contributed by atoms with Gasteiger partial charge in [0.2, 0.25) is 11.7 Å². The van der Waals surface area contributed by atoms with Crippen LogP contribution in [-0.4, -0.2) is 21.9 Å². The molecule has 0 aliphatic carbocycles. The van der Waals surface area contributed by atoms with E-state index in [0.29, 0.717) is 0 Å². The van der Waals surface area contributed by atoms with Gasteiger partial charge in [-0.3, -0.25) is 0 Å². The van der Waals surface area contributed by atoms with Gasteiger partial charge in [-0.05, 0) is 12.1 Å². The highest BCUT2D eigenvalue weighted by Crippen LogP contribution is 2.31. The van der Waals surface area contributed by atoms with Crippen LogP contribution in [0.3, 0.4) is 0 Å². The number of alkyl halides is 3. The number of hydrogen-bond acceptors (Lipinski definition) is 4. The Morgan fingerprint density at radius 2 is 2.06 bits per heavy atom. The Balaban J connectivity index is 2.32. The number of rotatable bonds is 3. The number of benzene rings is 1. The first-order chi connectivity index (χ1) is 8.50. The van der Waals surface area contributed by atoms with E-state index >= 15 is 0 Å². The summed E-state index contributed by atoms with van der Waals surface area (Å²) in [6, 6.07) is 4.66. The summed E-state index contributed by atoms with van der Waals surface area (Å²) in [6.45, 7) is -0.162. The highest BCUT2D eigenvalue weighted by Gasteiger charge is 2.30. The molecule has 2 rings (SSSR count). The van der Waals surface area contributed by atoms with Gasteiger partial charge in [-0.15, -0.1) is 0 Å². The normalized spacial score (nSPS) is 11.8. The summed E-state index contributed by atoms with van der Waals surface area (Å²) in [5.74, 6) is 0.259. The molecule has 0 saturated heterocycles. The summed E-state index contributed by atoms with van der Waals surface area (Å²) >= 11 is 0. The van der Waals surface area contributed by atoms with E-state index in [1.807, 2.05) is 0 Å². The van der Waals surface area contributed by atoms with E-state index in [-0.39, 0.29) is 30.3 Å². The van der Waals surface area contributed by atoms with Crippen LogP contribution in [0.2, 0.25) is 0 Å². The van der Waals surface area contributed by atoms with Crippen LogP contribution in [0.4, 0.5) is 13.2 Å². The molecule has 1 heterocycles. The fourth-order valence-corrected chi connectivity index (χ4v) is 1.40. The van der Waals surface area contributed by atoms with Crippen molar-refractivity contribution in [3.05, 3.63) is 35.7 Å². The molecule has 1 aromatic heterocycles. The van der Waals surface area contributed by atoms with Crippen LogP contribution in [0, 0.1) is 0 Å². The number of nitrogens with zero attached hydrogens (tertiary/aromatic N) is 2. The lowest BCUT2D eigenvalue weighted by Gasteiger charge is -2.06. The summed E-state index contributed by atoms with van der Waals surface area (Å²) in [7, 11) is 0. The first-order valence-electron chi connectivity index (χ1n) is 5.12. The molecule has 0 atom stereocenters. The largest absolute Gasteiger partial charge is 0.416 e. The zero-order valence-electron chi connectivity index (χ0n) is 9.11. The second-order valence-electron chi connectivity index (χ2n) is 3.56. The third-order valence-electron chi connectivity index (χ3n) is 2.24. The number of aliphatic hydroxyl groups excluding tert-OH is 1. The van der Waals surface area contributed by atoms with E-state index in [9.17, 15) is 13.2 Å². The van der Waals surface area contributed by atoms with Crippen molar-refractivity contribution in [3.8, 4) is 11.4 Å². The Morgan fingerprint density at radius 3 is 2.72 bits per heavy atom. The Bertz CT molecular complexity index is 537. The molecule has 1 aromatic carbocycles. The van der Waals surface area contributed by atoms with E-state index in [2.05, 4.69) is 10.1 Å². The number of halogens is 3. The Kier molecular flexibility index (Phi) is 3.33. The Hall–Kier alpha value is -1.89. The molecule has 0 amide bonds. The summed E-state index contributed by atoms with van der Waals surface area (Å²) in [4.78, 5) is 3.89. The lowest BCUT2D eigenvalue weighted by molar-refractivity contribution is -0.137. The minimum atomic E-state index is -4.41. The molecule has 7 heteroatoms. The lowest BCUT2D eigenvalue weighted by Crippen LogP contribution is -2.04. The molecule has 0 saturated carbocycles. The number of aromatic nitrogens is 2. The van der Waals surface area contributed by atoms with Gasteiger partial charge in [0.1, 0.15) is 0 Å². The highest BCUT2D eigenvalue weighted by molar-refractivity contribution is 5.55. The predicted molar refractivity (Wildman–Crippen MR) is 55.5 cm³/mol. The van der Waals surface area contributed by atoms with Crippen LogP contribution in [0.15, 0.2) is 28.8 Å². The van der Waals surface area contributed by atoms with Gasteiger partial charge in [0.25, 0.3) is 0 Å². The molecule has 2 aromatic rings. The zero-order chi connectivity index (χ0) is 13.2. The Labute approximate surface area is 100 Å². The summed E-state index contributed by atoms with van der Waals surface area (Å²) in [5.41, 5.74) is -0.550. The quantitative estimate of drug-likeness (QED) is 0.917. The molecule has 0 aliphatic rings. The first-order valence-corrected chi connectivity index (χ1v) is 5.12. The average Bonchev–Trinajstić information content (AvgIpc) is 2.77. The smallest absolute Gasteiger partial charge is 0.396 e. The van der Waals surface area contributed by atoms with Crippen LogP contribution >= 0.6 is 0 Å². The molecule has 0 bridgehead atoms. The number of hydrogen-bond donors (Lipinski definition) is 1. The van der Waals surface area contributed by atoms with E-state index in [0.717, 1.165) is 12.1 Å². The van der Waals surface area contributed by atoms with E-state index < -0.39 is 11.7 Å². The first kappa shape index (κ1) is 12.6. The molecule has 0 fully saturated rings. The van der Waals surface area contributed by atoms with Crippen molar-refractivity contribution in [2.75, 3.05) is 6.61 Å². The molecular formula is C11H9F3N2O2. The summed E-state index contributed by atoms with van der Waals surface area (Å²) in [6.07, 6.45) is -4.24. The van der Waals surface area contributed by atoms with Gasteiger partial charge in [-0.2, -0.15) is 18.2 Å². The van der Waals surface area contributed by atoms with E-state index in [1.165, 1.54) is 12.1 Å². The second kappa shape index (κ2) is 4.77. The van der Waals surface area contributed by atoms with Gasteiger partial charge in [0.05, 0.1) is 18.6 Å². The van der Waals surface area contributed by atoms with Gasteiger partial charge >= 0.3 is 6.18 Å². The van der Waals surface area contributed by atoms with Gasteiger partial charge in [-0.25, -0.2) is 0 Å². The van der Waals surface area contributed by atoms with Crippen LogP contribution in [0.1, 0.15) is 11.5 Å². The van der Waals surface area contributed by atoms with Gasteiger partial charge in [-0.1, -0.05) is 17.3 Å². The van der Waals surface area contributed by atoms with E-state index in [1.54, 1.807) is 0 Å². The fraction of sp³-hybridized carbons (Fsp3) is 0.273. The maximum atomic E-state index is 12.5. The van der Waals surface area contributed by atoms with Crippen LogP contribution in [-0.2, 0) is 12.6 Å². The molecular weight excluding hydrogens is 249 g/mol. The third kappa shape index (κ3) is 2.67. The molecule has 18 heavy (non-hydrogen) atoms. The minimum Gasteiger partial charge on any atom is -0.396 e. The molecule has 1 N–H and O–H groups in total. The maximum absolute atomic E-state index is 12.5. The summed E-state index contributed by atoms with van der Waals surface area (Å²) in [5, 5.41) is 12.2. The molecule has 0 radical (unpaired) electrons. The minimum absolute atomic E-state index is 0.0737. The van der Waals surface area contributed by atoms with Gasteiger partial charge < -0.3 is 9.63 Å². The predicted octanol–water partition coefficient (Wildman–Crippen LogP) is 2.29. The molecule has 4 nitrogen and oxygen atoms in total. The van der Waals surface area contributed by atoms with Gasteiger partial charge in [0.15, 0.2) is 0 Å². The van der Waals surface area contributed by atoms with Crippen LogP contribution in [0.25, 0.3) is 11.4 Å². The molecule has 96 valence electrons. The standard InChI is InChI=1S/C11H9F3N2O2/c12-11(13,14)8-3-1-2-7(6-8)10-15-9(4-5-17)18-16-10/h1-3,6,17H,4-5H2.